The van der Waals surface area contributed by atoms with E-state index in [1.807, 2.05) is 0 Å². The molecule has 2 aromatic carbocycles. The number of halogens is 1. The van der Waals surface area contributed by atoms with Gasteiger partial charge in [-0.05, 0) is 77.5 Å². The van der Waals surface area contributed by atoms with Crippen LogP contribution in [0.3, 0.4) is 0 Å². The number of amidine groups is 1. The third-order valence-corrected chi connectivity index (χ3v) is 6.40. The lowest BCUT2D eigenvalue weighted by molar-refractivity contribution is -0.138. The summed E-state index contributed by atoms with van der Waals surface area (Å²) in [5.74, 6) is -0.167. The summed E-state index contributed by atoms with van der Waals surface area (Å²) in [5, 5.41) is 16.3. The Morgan fingerprint density at radius 3 is 2.58 bits per heavy atom. The minimum atomic E-state index is -0.940. The Kier molecular flexibility index (Phi) is 4.39. The van der Waals surface area contributed by atoms with E-state index in [4.69, 9.17) is 0 Å². The molecule has 1 aliphatic carbocycles. The fourth-order valence-corrected chi connectivity index (χ4v) is 4.67. The number of hydrogen-bond acceptors (Lipinski definition) is 5. The second-order valence-corrected chi connectivity index (χ2v) is 9.53. The minimum Gasteiger partial charge on any atom is -0.480 e. The summed E-state index contributed by atoms with van der Waals surface area (Å²) >= 11 is 4.76. The molecule has 1 N–H and O–H groups in total. The van der Waals surface area contributed by atoms with Crippen molar-refractivity contribution in [1.29, 1.82) is 0 Å². The van der Waals surface area contributed by atoms with Crippen LogP contribution in [0.15, 0.2) is 41.5 Å². The van der Waals surface area contributed by atoms with Crippen LogP contribution in [-0.4, -0.2) is 31.7 Å². The minimum absolute atomic E-state index is 0.495. The van der Waals surface area contributed by atoms with Gasteiger partial charge in [-0.3, -0.25) is 9.69 Å². The Morgan fingerprint density at radius 2 is 1.92 bits per heavy atom. The van der Waals surface area contributed by atoms with E-state index in [1.165, 1.54) is 41.1 Å². The first-order chi connectivity index (χ1) is 12.4. The second-order valence-electron chi connectivity index (χ2n) is 7.19. The van der Waals surface area contributed by atoms with Crippen LogP contribution in [0.25, 0.3) is 10.8 Å². The number of carbonyl (C=O) groups is 1. The molecule has 26 heavy (non-hydrogen) atoms. The summed E-state index contributed by atoms with van der Waals surface area (Å²) in [5.41, 5.74) is 2.51. The highest BCUT2D eigenvalue weighted by Crippen LogP contribution is 2.45. The maximum absolute atomic E-state index is 11.4. The van der Waals surface area contributed by atoms with Crippen LogP contribution in [0.2, 0.25) is 0 Å². The molecule has 136 valence electrons. The number of hydrogen-bond donors (Lipinski definition) is 1. The highest BCUT2D eigenvalue weighted by molar-refractivity contribution is 9.18. The van der Waals surface area contributed by atoms with E-state index in [0.717, 1.165) is 5.69 Å². The van der Waals surface area contributed by atoms with Crippen molar-refractivity contribution in [3.63, 3.8) is 0 Å². The van der Waals surface area contributed by atoms with E-state index in [-0.39, 0.29) is 0 Å². The third kappa shape index (κ3) is 3.18. The van der Waals surface area contributed by atoms with Gasteiger partial charge >= 0.3 is 5.97 Å². The molecule has 1 fully saturated rings. The van der Waals surface area contributed by atoms with E-state index in [2.05, 4.69) is 62.3 Å². The van der Waals surface area contributed by atoms with Crippen molar-refractivity contribution in [1.82, 2.24) is 4.41 Å². The molecule has 1 aliphatic heterocycles. The first kappa shape index (κ1) is 17.7. The predicted molar refractivity (Wildman–Crippen MR) is 111 cm³/mol. The Morgan fingerprint density at radius 1 is 1.23 bits per heavy atom. The van der Waals surface area contributed by atoms with Gasteiger partial charge in [-0.15, -0.1) is 5.10 Å². The summed E-state index contributed by atoms with van der Waals surface area (Å²) in [6.07, 6.45) is 2.54. The van der Waals surface area contributed by atoms with Crippen molar-refractivity contribution in [3.05, 3.63) is 42.0 Å². The highest BCUT2D eigenvalue weighted by atomic mass is 79.9. The van der Waals surface area contributed by atoms with E-state index >= 15 is 0 Å². The number of hydrazone groups is 1. The Hall–Kier alpha value is -1.73. The molecule has 0 bridgehead atoms. The van der Waals surface area contributed by atoms with Crippen molar-refractivity contribution >= 4 is 55.1 Å². The van der Waals surface area contributed by atoms with Gasteiger partial charge in [0.2, 0.25) is 0 Å². The third-order valence-electron chi connectivity index (χ3n) is 4.77. The molecule has 7 heteroatoms. The summed E-state index contributed by atoms with van der Waals surface area (Å²) in [4.78, 5) is 13.5. The van der Waals surface area contributed by atoms with Gasteiger partial charge in [0.05, 0.1) is 5.69 Å². The lowest BCUT2D eigenvalue weighted by Gasteiger charge is -2.25. The summed E-state index contributed by atoms with van der Waals surface area (Å²) in [6.45, 7) is 3.87. The van der Waals surface area contributed by atoms with Crippen molar-refractivity contribution in [2.24, 2.45) is 5.10 Å². The molecule has 0 amide bonds. The standard InChI is InChI=1S/C19H20BrN3O2S/c1-19(2,17(24)25)26-23-11-22(18(20)21-23)16-10-9-13(12-7-8-12)14-5-3-4-6-15(14)16/h3-6,9-10,12H,7-8,11H2,1-2H3,(H,24,25). The van der Waals surface area contributed by atoms with Crippen LogP contribution in [0.1, 0.15) is 38.2 Å². The van der Waals surface area contributed by atoms with Gasteiger partial charge in [0, 0.05) is 5.39 Å². The monoisotopic (exact) mass is 433 g/mol. The number of fused-ring (bicyclic) bond motifs is 1. The van der Waals surface area contributed by atoms with Crippen LogP contribution >= 0.6 is 27.9 Å². The molecule has 5 nitrogen and oxygen atoms in total. The molecule has 0 saturated heterocycles. The average molecular weight is 434 g/mol. The van der Waals surface area contributed by atoms with Gasteiger partial charge in [0.1, 0.15) is 11.4 Å². The zero-order chi connectivity index (χ0) is 18.5. The number of carboxylic acids is 1. The molecule has 2 aliphatic rings. The van der Waals surface area contributed by atoms with Gasteiger partial charge in [-0.1, -0.05) is 30.3 Å². The number of aliphatic carboxylic acids is 1. The Labute approximate surface area is 165 Å². The molecule has 0 atom stereocenters. The molecular formula is C19H20BrN3O2S. The van der Waals surface area contributed by atoms with Crippen LogP contribution in [0.5, 0.6) is 0 Å². The Balaban J connectivity index is 1.66. The predicted octanol–water partition coefficient (Wildman–Crippen LogP) is 4.97. The van der Waals surface area contributed by atoms with E-state index in [1.54, 1.807) is 18.3 Å². The lowest BCUT2D eigenvalue weighted by atomic mass is 9.99. The largest absolute Gasteiger partial charge is 0.480 e. The zero-order valence-corrected chi connectivity index (χ0v) is 17.0. The molecule has 0 unspecified atom stereocenters. The number of benzene rings is 2. The van der Waals surface area contributed by atoms with Gasteiger partial charge < -0.3 is 5.11 Å². The molecule has 1 saturated carbocycles. The number of carboxylic acid groups (broad SMARTS) is 1. The van der Waals surface area contributed by atoms with Crippen molar-refractivity contribution in [2.45, 2.75) is 37.4 Å². The highest BCUT2D eigenvalue weighted by Gasteiger charge is 2.35. The van der Waals surface area contributed by atoms with Crippen LogP contribution in [0, 0.1) is 0 Å². The number of nitrogens with zero attached hydrogens (tertiary/aromatic N) is 3. The fourth-order valence-electron chi connectivity index (χ4n) is 3.18. The van der Waals surface area contributed by atoms with Crippen molar-refractivity contribution in [2.75, 3.05) is 11.6 Å². The van der Waals surface area contributed by atoms with Gasteiger partial charge in [0.15, 0.2) is 4.74 Å². The number of anilines is 1. The topological polar surface area (TPSA) is 56.1 Å². The van der Waals surface area contributed by atoms with Crippen molar-refractivity contribution in [3.8, 4) is 0 Å². The summed E-state index contributed by atoms with van der Waals surface area (Å²) in [7, 11) is 0. The smallest absolute Gasteiger partial charge is 0.321 e. The molecule has 2 aromatic rings. The quantitative estimate of drug-likeness (QED) is 0.532. The van der Waals surface area contributed by atoms with Gasteiger partial charge in [-0.25, -0.2) is 4.41 Å². The lowest BCUT2D eigenvalue weighted by Crippen LogP contribution is -2.33. The second kappa shape index (κ2) is 6.46. The average Bonchev–Trinajstić information content (AvgIpc) is 3.37. The first-order valence-electron chi connectivity index (χ1n) is 8.60. The van der Waals surface area contributed by atoms with Crippen molar-refractivity contribution < 1.29 is 9.90 Å². The van der Waals surface area contributed by atoms with Gasteiger partial charge in [-0.2, -0.15) is 0 Å². The zero-order valence-electron chi connectivity index (χ0n) is 14.6. The normalized spacial score (nSPS) is 17.7. The van der Waals surface area contributed by atoms with Crippen LogP contribution < -0.4 is 4.90 Å². The van der Waals surface area contributed by atoms with E-state index in [0.29, 0.717) is 17.3 Å². The molecular weight excluding hydrogens is 414 g/mol. The maximum Gasteiger partial charge on any atom is 0.321 e. The Bertz CT molecular complexity index is 911. The molecule has 4 rings (SSSR count). The maximum atomic E-state index is 11.4. The number of rotatable bonds is 5. The molecule has 0 aromatic heterocycles. The fraction of sp³-hybridized carbons (Fsp3) is 0.368. The van der Waals surface area contributed by atoms with Crippen LogP contribution in [0.4, 0.5) is 5.69 Å². The molecule has 0 radical (unpaired) electrons. The molecule has 1 heterocycles. The molecule has 0 spiro atoms. The first-order valence-corrected chi connectivity index (χ1v) is 10.2. The van der Waals surface area contributed by atoms with E-state index in [9.17, 15) is 9.90 Å². The summed E-state index contributed by atoms with van der Waals surface area (Å²) in [6, 6.07) is 12.9. The SMILES string of the molecule is CC(C)(SN1CN(c2ccc(C3CC3)c3ccccc23)C(Br)=N1)C(=O)O. The summed E-state index contributed by atoms with van der Waals surface area (Å²) < 4.78 is 1.47. The van der Waals surface area contributed by atoms with E-state index < -0.39 is 10.7 Å². The van der Waals surface area contributed by atoms with Crippen LogP contribution in [-0.2, 0) is 4.79 Å². The van der Waals surface area contributed by atoms with Gasteiger partial charge in [0.25, 0.3) is 0 Å².